The number of nitrogen functional groups attached to an aromatic ring is 1. The summed E-state index contributed by atoms with van der Waals surface area (Å²) in [6, 6.07) is 4.43. The first-order chi connectivity index (χ1) is 16.1. The van der Waals surface area contributed by atoms with Crippen molar-refractivity contribution in [3.05, 3.63) is 71.0 Å². The second-order valence-electron chi connectivity index (χ2n) is 8.75. The molecule has 0 saturated heterocycles. The predicted molar refractivity (Wildman–Crippen MR) is 131 cm³/mol. The van der Waals surface area contributed by atoms with Crippen LogP contribution in [0.1, 0.15) is 43.3 Å². The van der Waals surface area contributed by atoms with Gasteiger partial charge in [-0.3, -0.25) is 10.8 Å². The summed E-state index contributed by atoms with van der Waals surface area (Å²) in [6.45, 7) is 6.47. The number of benzene rings is 1. The summed E-state index contributed by atoms with van der Waals surface area (Å²) in [5.41, 5.74) is 7.79. The van der Waals surface area contributed by atoms with Crippen molar-refractivity contribution in [2.75, 3.05) is 12.8 Å². The Hall–Kier alpha value is -3.43. The Morgan fingerprint density at radius 2 is 2.03 bits per heavy atom. The zero-order valence-electron chi connectivity index (χ0n) is 19.8. The van der Waals surface area contributed by atoms with E-state index in [9.17, 15) is 9.50 Å². The van der Waals surface area contributed by atoms with Crippen molar-refractivity contribution in [1.29, 1.82) is 10.8 Å². The Kier molecular flexibility index (Phi) is 7.90. The summed E-state index contributed by atoms with van der Waals surface area (Å²) < 4.78 is 19.7. The molecule has 3 atom stereocenters. The number of rotatable bonds is 7. The molecule has 34 heavy (non-hydrogen) atoms. The summed E-state index contributed by atoms with van der Waals surface area (Å²) in [7, 11) is 1.75. The lowest BCUT2D eigenvalue weighted by atomic mass is 9.79. The van der Waals surface area contributed by atoms with Crippen LogP contribution in [0.3, 0.4) is 0 Å². The molecule has 0 fully saturated rings. The molecule has 1 heterocycles. The van der Waals surface area contributed by atoms with Crippen molar-refractivity contribution >= 4 is 23.2 Å². The maximum Gasteiger partial charge on any atom is 0.243 e. The lowest BCUT2D eigenvalue weighted by Crippen LogP contribution is -2.30. The van der Waals surface area contributed by atoms with Gasteiger partial charge >= 0.3 is 0 Å². The van der Waals surface area contributed by atoms with Crippen LogP contribution < -0.4 is 11.1 Å². The number of ether oxygens (including phenoxy) is 1. The quantitative estimate of drug-likeness (QED) is 0.312. The molecule has 1 aromatic carbocycles. The molecule has 0 bridgehead atoms. The number of hydrogen-bond donors (Lipinski definition) is 5. The molecule has 0 spiro atoms. The molecule has 0 radical (unpaired) electrons. The van der Waals surface area contributed by atoms with Gasteiger partial charge in [0.15, 0.2) is 11.5 Å². The Morgan fingerprint density at radius 1 is 1.29 bits per heavy atom. The minimum absolute atomic E-state index is 0.0125. The Morgan fingerprint density at radius 3 is 2.65 bits per heavy atom. The summed E-state index contributed by atoms with van der Waals surface area (Å²) in [4.78, 5) is 8.56. The van der Waals surface area contributed by atoms with Crippen molar-refractivity contribution in [2.24, 2.45) is 17.8 Å². The van der Waals surface area contributed by atoms with Crippen LogP contribution in [0.25, 0.3) is 5.57 Å². The Balaban J connectivity index is 1.79. The van der Waals surface area contributed by atoms with E-state index in [4.69, 9.17) is 21.3 Å². The number of halogens is 1. The molecular weight excluding hydrogens is 435 g/mol. The third-order valence-electron chi connectivity index (χ3n) is 5.80. The molecule has 8 nitrogen and oxygen atoms in total. The largest absolute Gasteiger partial charge is 0.419 e. The van der Waals surface area contributed by atoms with Crippen molar-refractivity contribution in [1.82, 2.24) is 15.3 Å². The minimum atomic E-state index is -0.622. The van der Waals surface area contributed by atoms with E-state index in [1.54, 1.807) is 13.1 Å². The van der Waals surface area contributed by atoms with Crippen LogP contribution in [0, 0.1) is 34.4 Å². The average molecular weight is 467 g/mol. The third-order valence-corrected chi connectivity index (χ3v) is 5.80. The first-order valence-electron chi connectivity index (χ1n) is 11.1. The maximum atomic E-state index is 14.4. The summed E-state index contributed by atoms with van der Waals surface area (Å²) in [5, 5.41) is 29.8. The molecule has 1 aliphatic rings. The highest BCUT2D eigenvalue weighted by atomic mass is 19.1. The zero-order valence-corrected chi connectivity index (χ0v) is 19.8. The Labute approximate surface area is 198 Å². The Bertz CT molecular complexity index is 1140. The average Bonchev–Trinajstić information content (AvgIpc) is 2.79. The van der Waals surface area contributed by atoms with Crippen LogP contribution in [-0.4, -0.2) is 40.0 Å². The van der Waals surface area contributed by atoms with Crippen molar-refractivity contribution in [3.8, 4) is 0 Å². The van der Waals surface area contributed by atoms with Crippen LogP contribution in [-0.2, 0) is 11.3 Å². The first kappa shape index (κ1) is 25.2. The fourth-order valence-electron chi connectivity index (χ4n) is 3.85. The van der Waals surface area contributed by atoms with E-state index in [0.29, 0.717) is 12.2 Å². The molecule has 3 rings (SSSR count). The number of aliphatic hydroxyl groups is 1. The summed E-state index contributed by atoms with van der Waals surface area (Å²) in [5.74, 6) is -1.50. The predicted octanol–water partition coefficient (Wildman–Crippen LogP) is 3.51. The van der Waals surface area contributed by atoms with Crippen LogP contribution in [0.5, 0.6) is 0 Å². The van der Waals surface area contributed by atoms with E-state index >= 15 is 0 Å². The molecule has 3 unspecified atom stereocenters. The minimum Gasteiger partial charge on any atom is -0.419 e. The van der Waals surface area contributed by atoms with Crippen molar-refractivity contribution < 1.29 is 14.2 Å². The first-order valence-corrected chi connectivity index (χ1v) is 11.1. The van der Waals surface area contributed by atoms with Gasteiger partial charge in [-0.05, 0) is 42.2 Å². The molecule has 1 aliphatic carbocycles. The van der Waals surface area contributed by atoms with E-state index < -0.39 is 23.7 Å². The summed E-state index contributed by atoms with van der Waals surface area (Å²) >= 11 is 0. The van der Waals surface area contributed by atoms with E-state index in [0.717, 1.165) is 11.1 Å². The number of aliphatic hydroxyl groups excluding tert-OH is 1. The monoisotopic (exact) mass is 466 g/mol. The van der Waals surface area contributed by atoms with E-state index in [2.05, 4.69) is 15.3 Å². The number of nitrogens with zero attached hydrogens (tertiary/aromatic N) is 2. The number of anilines is 1. The number of nitrogens with two attached hydrogens (primary N) is 1. The van der Waals surface area contributed by atoms with Crippen LogP contribution in [0.2, 0.25) is 0 Å². The topological polar surface area (TPSA) is 141 Å². The lowest BCUT2D eigenvalue weighted by molar-refractivity contribution is 0.0696. The van der Waals surface area contributed by atoms with Gasteiger partial charge in [-0.2, -0.15) is 0 Å². The van der Waals surface area contributed by atoms with Crippen molar-refractivity contribution in [2.45, 2.75) is 33.4 Å². The van der Waals surface area contributed by atoms with Gasteiger partial charge in [-0.25, -0.2) is 14.4 Å². The molecule has 1 aromatic heterocycles. The van der Waals surface area contributed by atoms with Gasteiger partial charge in [0.25, 0.3) is 0 Å². The molecule has 0 aliphatic heterocycles. The van der Waals surface area contributed by atoms with Gasteiger partial charge in [0.05, 0.1) is 23.6 Å². The summed E-state index contributed by atoms with van der Waals surface area (Å²) in [6.07, 6.45) is 6.86. The molecule has 180 valence electrons. The molecule has 0 amide bonds. The van der Waals surface area contributed by atoms with Gasteiger partial charge in [-0.15, -0.1) is 0 Å². The zero-order chi connectivity index (χ0) is 25.0. The number of aromatic nitrogens is 2. The van der Waals surface area contributed by atoms with Crippen LogP contribution in [0.15, 0.2) is 42.6 Å². The molecular formula is C25H31FN6O2. The van der Waals surface area contributed by atoms with E-state index in [1.165, 1.54) is 18.3 Å². The lowest BCUT2D eigenvalue weighted by Gasteiger charge is -2.29. The number of nitrogens with one attached hydrogen (secondary N) is 3. The van der Waals surface area contributed by atoms with E-state index in [-0.39, 0.29) is 34.8 Å². The number of hydrogen-bond acceptors (Lipinski definition) is 8. The highest BCUT2D eigenvalue weighted by Gasteiger charge is 2.27. The highest BCUT2D eigenvalue weighted by molar-refractivity contribution is 6.05. The van der Waals surface area contributed by atoms with E-state index in [1.807, 2.05) is 39.0 Å². The second-order valence-corrected chi connectivity index (χ2v) is 8.75. The smallest absolute Gasteiger partial charge is 0.243 e. The van der Waals surface area contributed by atoms with Gasteiger partial charge in [0.1, 0.15) is 5.82 Å². The molecule has 6 N–H and O–H groups in total. The highest BCUT2D eigenvalue weighted by Crippen LogP contribution is 2.32. The normalized spacial score (nSPS) is 18.5. The van der Waals surface area contributed by atoms with Gasteiger partial charge in [0.2, 0.25) is 11.8 Å². The van der Waals surface area contributed by atoms with Gasteiger partial charge in [-0.1, -0.05) is 45.1 Å². The van der Waals surface area contributed by atoms with Gasteiger partial charge < -0.3 is 20.9 Å². The SMILES string of the molecule is CNCc1ccc(C(=N)OC(=N)c2nc(C3=CC(C)C(C(O)C(C)C)C=C3)cnc2N)c(F)c1. The van der Waals surface area contributed by atoms with Crippen LogP contribution in [0.4, 0.5) is 10.2 Å². The fourth-order valence-corrected chi connectivity index (χ4v) is 3.85. The maximum absolute atomic E-state index is 14.4. The second kappa shape index (κ2) is 10.7. The van der Waals surface area contributed by atoms with Gasteiger partial charge in [0, 0.05) is 12.5 Å². The molecule has 0 saturated carbocycles. The molecule has 9 heteroatoms. The van der Waals surface area contributed by atoms with Crippen LogP contribution >= 0.6 is 0 Å². The fraction of sp³-hybridized carbons (Fsp3) is 0.360. The molecule has 2 aromatic rings. The standard InChI is InChI=1S/C25H31FN6O2/c1-13(2)22(33)17-8-6-16(9-14(17)3)20-12-31-23(27)21(32-20)25(29)34-24(28)18-7-5-15(11-30-4)10-19(18)26/h5-10,12-14,17,22,28-30,33H,11H2,1-4H3,(H2,27,31). The van der Waals surface area contributed by atoms with Crippen molar-refractivity contribution in [3.63, 3.8) is 0 Å². The number of allylic oxidation sites excluding steroid dienone is 3. The third kappa shape index (κ3) is 5.55.